The number of hydrogen-bond acceptors (Lipinski definition) is 3. The van der Waals surface area contributed by atoms with E-state index in [0.717, 1.165) is 21.8 Å². The zero-order valence-corrected chi connectivity index (χ0v) is 13.5. The number of rotatable bonds is 3. The van der Waals surface area contributed by atoms with E-state index in [4.69, 9.17) is 0 Å². The molecule has 4 rings (SSSR count). The Balaban J connectivity index is 1.65. The summed E-state index contributed by atoms with van der Waals surface area (Å²) in [6.07, 6.45) is 0. The first-order valence-corrected chi connectivity index (χ1v) is 7.92. The van der Waals surface area contributed by atoms with E-state index >= 15 is 0 Å². The summed E-state index contributed by atoms with van der Waals surface area (Å²) in [6.45, 7) is 1.79. The number of aromatic amines is 1. The first-order chi connectivity index (χ1) is 12.1. The van der Waals surface area contributed by atoms with Crippen LogP contribution in [0.4, 0.5) is 5.82 Å². The number of aromatic nitrogens is 2. The van der Waals surface area contributed by atoms with Gasteiger partial charge in [0.05, 0.1) is 11.1 Å². The van der Waals surface area contributed by atoms with Crippen LogP contribution in [0.5, 0.6) is 0 Å². The van der Waals surface area contributed by atoms with Gasteiger partial charge in [-0.2, -0.15) is 0 Å². The molecule has 0 spiro atoms. The minimum atomic E-state index is -0.698. The number of carbonyl (C=O) groups excluding carboxylic acids is 2. The van der Waals surface area contributed by atoms with E-state index in [2.05, 4.69) is 15.3 Å². The number of anilines is 1. The number of amides is 1. The molecule has 2 heterocycles. The predicted molar refractivity (Wildman–Crippen MR) is 97.7 cm³/mol. The molecule has 0 unspecified atom stereocenters. The van der Waals surface area contributed by atoms with Crippen LogP contribution in [-0.4, -0.2) is 21.7 Å². The number of nitrogens with zero attached hydrogens (tertiary/aromatic N) is 1. The molecule has 0 aliphatic heterocycles. The van der Waals surface area contributed by atoms with Crippen LogP contribution in [-0.2, 0) is 4.79 Å². The maximum atomic E-state index is 12.6. The molecule has 122 valence electrons. The van der Waals surface area contributed by atoms with Crippen molar-refractivity contribution in [2.24, 2.45) is 0 Å². The second-order valence-corrected chi connectivity index (χ2v) is 5.84. The monoisotopic (exact) mass is 329 g/mol. The summed E-state index contributed by atoms with van der Waals surface area (Å²) in [5.74, 6) is -0.921. The molecule has 0 aliphatic rings. The van der Waals surface area contributed by atoms with Crippen molar-refractivity contribution in [2.45, 2.75) is 6.92 Å². The average molecular weight is 329 g/mol. The van der Waals surface area contributed by atoms with E-state index in [1.807, 2.05) is 54.6 Å². The Hall–Kier alpha value is -3.47. The number of benzene rings is 2. The van der Waals surface area contributed by atoms with Crippen molar-refractivity contribution in [1.82, 2.24) is 9.97 Å². The highest BCUT2D eigenvalue weighted by Crippen LogP contribution is 2.23. The van der Waals surface area contributed by atoms with Gasteiger partial charge in [0.15, 0.2) is 0 Å². The van der Waals surface area contributed by atoms with Crippen LogP contribution in [0.25, 0.3) is 21.8 Å². The van der Waals surface area contributed by atoms with E-state index in [9.17, 15) is 9.59 Å². The summed E-state index contributed by atoms with van der Waals surface area (Å²) < 4.78 is 0. The Morgan fingerprint density at radius 3 is 2.60 bits per heavy atom. The van der Waals surface area contributed by atoms with Crippen LogP contribution in [0.2, 0.25) is 0 Å². The second kappa shape index (κ2) is 5.87. The maximum absolute atomic E-state index is 12.6. The summed E-state index contributed by atoms with van der Waals surface area (Å²) in [5.41, 5.74) is 2.66. The van der Waals surface area contributed by atoms with Crippen molar-refractivity contribution in [3.8, 4) is 0 Å². The fourth-order valence-corrected chi connectivity index (χ4v) is 2.99. The quantitative estimate of drug-likeness (QED) is 0.443. The highest BCUT2D eigenvalue weighted by Gasteiger charge is 2.23. The normalized spacial score (nSPS) is 10.9. The zero-order valence-electron chi connectivity index (χ0n) is 13.5. The van der Waals surface area contributed by atoms with Crippen molar-refractivity contribution in [1.29, 1.82) is 0 Å². The largest absolute Gasteiger partial charge is 0.358 e. The molecular formula is C20H15N3O2. The number of nitrogens with one attached hydrogen (secondary N) is 2. The van der Waals surface area contributed by atoms with Crippen LogP contribution < -0.4 is 5.32 Å². The number of aryl methyl sites for hydroxylation is 1. The topological polar surface area (TPSA) is 74.8 Å². The third kappa shape index (κ3) is 2.65. The molecule has 0 aliphatic carbocycles. The lowest BCUT2D eigenvalue weighted by molar-refractivity contribution is -0.112. The summed E-state index contributed by atoms with van der Waals surface area (Å²) in [5, 5.41) is 4.31. The van der Waals surface area contributed by atoms with Crippen molar-refractivity contribution in [2.75, 3.05) is 5.32 Å². The number of H-pyrrole nitrogens is 1. The Morgan fingerprint density at radius 2 is 1.72 bits per heavy atom. The number of para-hydroxylation sites is 2. The number of ketones is 1. The molecule has 0 saturated carbocycles. The molecule has 4 aromatic rings. The van der Waals surface area contributed by atoms with Gasteiger partial charge in [-0.25, -0.2) is 4.98 Å². The summed E-state index contributed by atoms with van der Waals surface area (Å²) in [4.78, 5) is 32.6. The van der Waals surface area contributed by atoms with Gasteiger partial charge in [-0.1, -0.05) is 36.4 Å². The zero-order chi connectivity index (χ0) is 17.4. The van der Waals surface area contributed by atoms with Crippen LogP contribution in [0.15, 0.2) is 60.7 Å². The fourth-order valence-electron chi connectivity index (χ4n) is 2.99. The molecule has 2 N–H and O–H groups in total. The van der Waals surface area contributed by atoms with Crippen molar-refractivity contribution in [3.63, 3.8) is 0 Å². The number of hydrogen-bond donors (Lipinski definition) is 2. The SMILES string of the molecule is Cc1[nH]c2ccccc2c1C(=O)C(=O)Nc1ccc2ccccc2n1. The van der Waals surface area contributed by atoms with Crippen molar-refractivity contribution < 1.29 is 9.59 Å². The molecule has 0 atom stereocenters. The van der Waals surface area contributed by atoms with E-state index in [-0.39, 0.29) is 0 Å². The van der Waals surface area contributed by atoms with Gasteiger partial charge >= 0.3 is 0 Å². The van der Waals surface area contributed by atoms with Gasteiger partial charge in [0.25, 0.3) is 11.7 Å². The van der Waals surface area contributed by atoms with Gasteiger partial charge in [0.2, 0.25) is 0 Å². The van der Waals surface area contributed by atoms with E-state index < -0.39 is 11.7 Å². The van der Waals surface area contributed by atoms with Crippen LogP contribution in [0.1, 0.15) is 16.1 Å². The van der Waals surface area contributed by atoms with Crippen LogP contribution >= 0.6 is 0 Å². The van der Waals surface area contributed by atoms with Crippen LogP contribution in [0, 0.1) is 6.92 Å². The number of Topliss-reactive ketones (excluding diaryl/α,β-unsaturated/α-hetero) is 1. The third-order valence-electron chi connectivity index (χ3n) is 4.17. The molecule has 5 nitrogen and oxygen atoms in total. The standard InChI is InChI=1S/C20H15N3O2/c1-12-18(14-7-3-5-9-16(14)21-12)19(24)20(25)23-17-11-10-13-6-2-4-8-15(13)22-17/h2-11,21H,1H3,(H,22,23,25). The van der Waals surface area contributed by atoms with Crippen molar-refractivity contribution in [3.05, 3.63) is 71.9 Å². The Kier molecular flexibility index (Phi) is 3.54. The molecule has 2 aromatic carbocycles. The van der Waals surface area contributed by atoms with E-state index in [1.54, 1.807) is 13.0 Å². The average Bonchev–Trinajstić information content (AvgIpc) is 2.96. The Labute approximate surface area is 143 Å². The minimum Gasteiger partial charge on any atom is -0.358 e. The number of carbonyl (C=O) groups is 2. The fraction of sp³-hybridized carbons (Fsp3) is 0.0500. The van der Waals surface area contributed by atoms with E-state index in [0.29, 0.717) is 17.1 Å². The molecule has 2 aromatic heterocycles. The minimum absolute atomic E-state index is 0.356. The molecule has 0 fully saturated rings. The maximum Gasteiger partial charge on any atom is 0.298 e. The molecular weight excluding hydrogens is 314 g/mol. The molecule has 25 heavy (non-hydrogen) atoms. The number of fused-ring (bicyclic) bond motifs is 2. The van der Waals surface area contributed by atoms with Gasteiger partial charge in [0.1, 0.15) is 5.82 Å². The van der Waals surface area contributed by atoms with Gasteiger partial charge in [-0.3, -0.25) is 9.59 Å². The van der Waals surface area contributed by atoms with Crippen molar-refractivity contribution >= 4 is 39.3 Å². The highest BCUT2D eigenvalue weighted by atomic mass is 16.2. The molecule has 0 radical (unpaired) electrons. The van der Waals surface area contributed by atoms with Gasteiger partial charge in [-0.15, -0.1) is 0 Å². The summed E-state index contributed by atoms with van der Waals surface area (Å²) >= 11 is 0. The van der Waals surface area contributed by atoms with Crippen LogP contribution in [0.3, 0.4) is 0 Å². The highest BCUT2D eigenvalue weighted by molar-refractivity contribution is 6.48. The first-order valence-electron chi connectivity index (χ1n) is 7.92. The van der Waals surface area contributed by atoms with Gasteiger partial charge in [-0.05, 0) is 31.2 Å². The lowest BCUT2D eigenvalue weighted by atomic mass is 10.1. The second-order valence-electron chi connectivity index (χ2n) is 5.84. The molecule has 0 bridgehead atoms. The molecule has 1 amide bonds. The number of pyridine rings is 1. The Bertz CT molecular complexity index is 1130. The van der Waals surface area contributed by atoms with E-state index in [1.165, 1.54) is 0 Å². The van der Waals surface area contributed by atoms with Gasteiger partial charge in [0, 0.05) is 22.0 Å². The van der Waals surface area contributed by atoms with Gasteiger partial charge < -0.3 is 10.3 Å². The molecule has 5 heteroatoms. The lowest BCUT2D eigenvalue weighted by Gasteiger charge is -2.05. The lowest BCUT2D eigenvalue weighted by Crippen LogP contribution is -2.23. The predicted octanol–water partition coefficient (Wildman–Crippen LogP) is 3.85. The smallest absolute Gasteiger partial charge is 0.298 e. The molecule has 0 saturated heterocycles. The third-order valence-corrected chi connectivity index (χ3v) is 4.17. The first kappa shape index (κ1) is 15.1. The Morgan fingerprint density at radius 1 is 0.960 bits per heavy atom. The summed E-state index contributed by atoms with van der Waals surface area (Å²) in [7, 11) is 0. The summed E-state index contributed by atoms with van der Waals surface area (Å²) in [6, 6.07) is 18.6.